The molecule has 0 amide bonds. The van der Waals surface area contributed by atoms with E-state index in [1.54, 1.807) is 0 Å². The molecule has 0 unspecified atom stereocenters. The van der Waals surface area contributed by atoms with Crippen LogP contribution in [0.4, 0.5) is 0 Å². The van der Waals surface area contributed by atoms with Gasteiger partial charge in [0.05, 0.1) is 0 Å². The summed E-state index contributed by atoms with van der Waals surface area (Å²) in [6, 6.07) is 14.0. The first-order valence-corrected chi connectivity index (χ1v) is 6.13. The third-order valence-corrected chi connectivity index (χ3v) is 3.07. The van der Waals surface area contributed by atoms with Gasteiger partial charge < -0.3 is 4.74 Å². The van der Waals surface area contributed by atoms with Crippen LogP contribution in [-0.4, -0.2) is 0 Å². The summed E-state index contributed by atoms with van der Waals surface area (Å²) in [6.07, 6.45) is 0. The van der Waals surface area contributed by atoms with Crippen LogP contribution in [0.15, 0.2) is 42.5 Å². The maximum Gasteiger partial charge on any atom is 0.130 e. The highest BCUT2D eigenvalue weighted by molar-refractivity contribution is 6.17. The summed E-state index contributed by atoms with van der Waals surface area (Å²) in [5.74, 6) is 2.28. The normalized spacial score (nSPS) is 10.3. The molecule has 0 heterocycles. The fourth-order valence-electron chi connectivity index (χ4n) is 1.68. The Labute approximate surface area is 107 Å². The highest BCUT2D eigenvalue weighted by Crippen LogP contribution is 2.26. The quantitative estimate of drug-likeness (QED) is 0.705. The predicted molar refractivity (Wildman–Crippen MR) is 72.0 cm³/mol. The molecule has 2 aromatic rings. The molecule has 0 aromatic heterocycles. The zero-order chi connectivity index (χ0) is 12.3. The average Bonchev–Trinajstić information content (AvgIpc) is 2.32. The fraction of sp³-hybridized carbons (Fsp3) is 0.200. The Morgan fingerprint density at radius 3 is 2.41 bits per heavy atom. The number of hydrogen-bond acceptors (Lipinski definition) is 1. The molecule has 0 aliphatic carbocycles. The topological polar surface area (TPSA) is 9.23 Å². The standard InChI is InChI=1S/C15H15ClO/c1-11-5-3-4-6-15(11)17-14-8-7-13(10-16)12(2)9-14/h3-9H,10H2,1-2H3. The van der Waals surface area contributed by atoms with Crippen molar-refractivity contribution in [2.75, 3.05) is 0 Å². The second-order valence-corrected chi connectivity index (χ2v) is 4.36. The van der Waals surface area contributed by atoms with E-state index in [1.807, 2.05) is 56.3 Å². The highest BCUT2D eigenvalue weighted by atomic mass is 35.5. The van der Waals surface area contributed by atoms with Gasteiger partial charge in [-0.2, -0.15) is 0 Å². The molecule has 88 valence electrons. The molecule has 0 N–H and O–H groups in total. The molecule has 0 saturated heterocycles. The number of alkyl halides is 1. The molecule has 17 heavy (non-hydrogen) atoms. The summed E-state index contributed by atoms with van der Waals surface area (Å²) in [4.78, 5) is 0. The van der Waals surface area contributed by atoms with E-state index in [0.29, 0.717) is 5.88 Å². The van der Waals surface area contributed by atoms with Gasteiger partial charge in [0.15, 0.2) is 0 Å². The van der Waals surface area contributed by atoms with Crippen LogP contribution in [0, 0.1) is 13.8 Å². The SMILES string of the molecule is Cc1cc(Oc2ccccc2C)ccc1CCl. The minimum Gasteiger partial charge on any atom is -0.457 e. The van der Waals surface area contributed by atoms with Gasteiger partial charge in [0.2, 0.25) is 0 Å². The Morgan fingerprint density at radius 1 is 1.00 bits per heavy atom. The molecule has 0 aliphatic rings. The molecule has 0 spiro atoms. The van der Waals surface area contributed by atoms with Gasteiger partial charge >= 0.3 is 0 Å². The van der Waals surface area contributed by atoms with Crippen molar-refractivity contribution in [2.45, 2.75) is 19.7 Å². The van der Waals surface area contributed by atoms with Gasteiger partial charge in [-0.05, 0) is 48.7 Å². The van der Waals surface area contributed by atoms with Crippen molar-refractivity contribution in [3.8, 4) is 11.5 Å². The van der Waals surface area contributed by atoms with Crippen LogP contribution in [0.25, 0.3) is 0 Å². The lowest BCUT2D eigenvalue weighted by Gasteiger charge is -2.10. The first-order valence-electron chi connectivity index (χ1n) is 5.59. The maximum atomic E-state index is 5.85. The lowest BCUT2D eigenvalue weighted by Crippen LogP contribution is -1.90. The molecule has 0 aliphatic heterocycles. The van der Waals surface area contributed by atoms with E-state index >= 15 is 0 Å². The Balaban J connectivity index is 2.25. The van der Waals surface area contributed by atoms with Gasteiger partial charge in [-0.25, -0.2) is 0 Å². The van der Waals surface area contributed by atoms with Crippen LogP contribution in [0.1, 0.15) is 16.7 Å². The third kappa shape index (κ3) is 2.80. The van der Waals surface area contributed by atoms with Gasteiger partial charge in [-0.3, -0.25) is 0 Å². The first-order chi connectivity index (χ1) is 8.20. The number of hydrogen-bond donors (Lipinski definition) is 0. The minimum absolute atomic E-state index is 0.538. The van der Waals surface area contributed by atoms with Gasteiger partial charge in [-0.1, -0.05) is 24.3 Å². The second-order valence-electron chi connectivity index (χ2n) is 4.09. The van der Waals surface area contributed by atoms with Crippen LogP contribution < -0.4 is 4.74 Å². The number of aryl methyl sites for hydroxylation is 2. The van der Waals surface area contributed by atoms with Crippen molar-refractivity contribution in [1.29, 1.82) is 0 Å². The summed E-state index contributed by atoms with van der Waals surface area (Å²) in [6.45, 7) is 4.08. The molecule has 0 radical (unpaired) electrons. The van der Waals surface area contributed by atoms with Crippen LogP contribution in [-0.2, 0) is 5.88 Å². The zero-order valence-corrected chi connectivity index (χ0v) is 10.8. The summed E-state index contributed by atoms with van der Waals surface area (Å²) in [7, 11) is 0. The monoisotopic (exact) mass is 246 g/mol. The summed E-state index contributed by atoms with van der Waals surface area (Å²) < 4.78 is 5.85. The molecule has 2 heteroatoms. The molecule has 1 nitrogen and oxygen atoms in total. The van der Waals surface area contributed by atoms with Crippen molar-refractivity contribution in [3.05, 3.63) is 59.2 Å². The zero-order valence-electron chi connectivity index (χ0n) is 10.0. The van der Waals surface area contributed by atoms with Crippen molar-refractivity contribution >= 4 is 11.6 Å². The molecule has 0 bridgehead atoms. The van der Waals surface area contributed by atoms with Crippen LogP contribution in [0.2, 0.25) is 0 Å². The Kier molecular flexibility index (Phi) is 3.70. The van der Waals surface area contributed by atoms with Gasteiger partial charge in [0.25, 0.3) is 0 Å². The number of rotatable bonds is 3. The van der Waals surface area contributed by atoms with E-state index in [0.717, 1.165) is 28.2 Å². The smallest absolute Gasteiger partial charge is 0.130 e. The summed E-state index contributed by atoms with van der Waals surface area (Å²) in [5.41, 5.74) is 3.43. The molecule has 0 saturated carbocycles. The van der Waals surface area contributed by atoms with Crippen molar-refractivity contribution in [1.82, 2.24) is 0 Å². The second kappa shape index (κ2) is 5.24. The number of ether oxygens (including phenoxy) is 1. The van der Waals surface area contributed by atoms with E-state index in [9.17, 15) is 0 Å². The van der Waals surface area contributed by atoms with Crippen molar-refractivity contribution < 1.29 is 4.74 Å². The molecule has 2 rings (SSSR count). The van der Waals surface area contributed by atoms with Crippen molar-refractivity contribution in [2.24, 2.45) is 0 Å². The Morgan fingerprint density at radius 2 is 1.76 bits per heavy atom. The van der Waals surface area contributed by atoms with E-state index in [1.165, 1.54) is 0 Å². The van der Waals surface area contributed by atoms with Crippen LogP contribution >= 0.6 is 11.6 Å². The van der Waals surface area contributed by atoms with E-state index in [-0.39, 0.29) is 0 Å². The molecular weight excluding hydrogens is 232 g/mol. The predicted octanol–water partition coefficient (Wildman–Crippen LogP) is 4.83. The minimum atomic E-state index is 0.538. The van der Waals surface area contributed by atoms with Crippen LogP contribution in [0.3, 0.4) is 0 Å². The van der Waals surface area contributed by atoms with Gasteiger partial charge in [-0.15, -0.1) is 11.6 Å². The molecule has 0 atom stereocenters. The lowest BCUT2D eigenvalue weighted by atomic mass is 10.1. The maximum absolute atomic E-state index is 5.85. The van der Waals surface area contributed by atoms with Crippen LogP contribution in [0.5, 0.6) is 11.5 Å². The van der Waals surface area contributed by atoms with E-state index in [4.69, 9.17) is 16.3 Å². The third-order valence-electron chi connectivity index (χ3n) is 2.78. The molecular formula is C15H15ClO. The van der Waals surface area contributed by atoms with Gasteiger partial charge in [0, 0.05) is 5.88 Å². The highest BCUT2D eigenvalue weighted by Gasteiger charge is 2.03. The summed E-state index contributed by atoms with van der Waals surface area (Å²) in [5, 5.41) is 0. The largest absolute Gasteiger partial charge is 0.457 e. The lowest BCUT2D eigenvalue weighted by molar-refractivity contribution is 0.478. The van der Waals surface area contributed by atoms with Crippen molar-refractivity contribution in [3.63, 3.8) is 0 Å². The average molecular weight is 247 g/mol. The number of benzene rings is 2. The molecule has 0 fully saturated rings. The van der Waals surface area contributed by atoms with E-state index in [2.05, 4.69) is 0 Å². The van der Waals surface area contributed by atoms with Gasteiger partial charge in [0.1, 0.15) is 11.5 Å². The Bertz CT molecular complexity index is 520. The first kappa shape index (κ1) is 12.0. The fourth-order valence-corrected chi connectivity index (χ4v) is 1.98. The number of para-hydroxylation sites is 1. The summed E-state index contributed by atoms with van der Waals surface area (Å²) >= 11 is 5.83. The van der Waals surface area contributed by atoms with E-state index < -0.39 is 0 Å². The Hall–Kier alpha value is -1.47. The molecule has 2 aromatic carbocycles. The number of halogens is 1.